The standard InChI is InChI=1S/C48H62O15Si3/c1-8-15-36(11-4)64-39-24-18-33(19-25-39)42(49)58-61-45(52)55-30-48(14-7,31-56-46(53)62-59-43(50)34-20-26-40(27-21-34)65-37(12-5)16-9-2)32-57-47(54)63-60-44(51)35-22-28-41(29-23-35)66-38(13-6)17-10-3/h15-29H,8-14,30-32,64-66H2,1-7H3/b36-15+,37-16+,38-17+. The lowest BCUT2D eigenvalue weighted by atomic mass is 9.88. The number of hydrogen-bond acceptors (Lipinski definition) is 15. The molecule has 0 heterocycles. The molecule has 15 nitrogen and oxygen atoms in total. The van der Waals surface area contributed by atoms with Gasteiger partial charge in [-0.05, 0) is 81.3 Å². The van der Waals surface area contributed by atoms with Crippen LogP contribution in [0.1, 0.15) is 124 Å². The number of hydrogen-bond donors (Lipinski definition) is 0. The Balaban J connectivity index is 1.62. The van der Waals surface area contributed by atoms with Crippen molar-refractivity contribution in [3.63, 3.8) is 0 Å². The molecule has 0 bridgehead atoms. The Bertz CT molecular complexity index is 1910. The van der Waals surface area contributed by atoms with Crippen LogP contribution >= 0.6 is 0 Å². The lowest BCUT2D eigenvalue weighted by molar-refractivity contribution is -0.217. The molecule has 0 amide bonds. The topological polar surface area (TPSA) is 185 Å². The van der Waals surface area contributed by atoms with Crippen molar-refractivity contribution in [2.45, 2.75) is 93.4 Å². The number of rotatable bonds is 22. The Morgan fingerprint density at radius 2 is 0.667 bits per heavy atom. The Morgan fingerprint density at radius 3 is 0.879 bits per heavy atom. The summed E-state index contributed by atoms with van der Waals surface area (Å²) in [4.78, 5) is 104. The van der Waals surface area contributed by atoms with Gasteiger partial charge in [-0.2, -0.15) is 14.4 Å². The van der Waals surface area contributed by atoms with Gasteiger partial charge in [-0.15, -0.1) is 0 Å². The molecule has 0 radical (unpaired) electrons. The first kappa shape index (κ1) is 54.1. The summed E-state index contributed by atoms with van der Waals surface area (Å²) in [5.74, 6) is -2.87. The largest absolute Gasteiger partial charge is 0.549 e. The van der Waals surface area contributed by atoms with Crippen LogP contribution < -0.4 is 15.6 Å². The van der Waals surface area contributed by atoms with Crippen LogP contribution in [-0.4, -0.2) is 84.8 Å². The maximum absolute atomic E-state index is 12.7. The summed E-state index contributed by atoms with van der Waals surface area (Å²) in [6, 6.07) is 20.4. The van der Waals surface area contributed by atoms with Gasteiger partial charge in [0, 0.05) is 0 Å². The molecule has 0 unspecified atom stereocenters. The predicted octanol–water partition coefficient (Wildman–Crippen LogP) is 6.65. The molecule has 66 heavy (non-hydrogen) atoms. The fourth-order valence-corrected chi connectivity index (χ4v) is 11.5. The number of benzene rings is 3. The maximum atomic E-state index is 12.7. The van der Waals surface area contributed by atoms with Crippen molar-refractivity contribution < 1.29 is 72.3 Å². The highest BCUT2D eigenvalue weighted by atomic mass is 28.2. The zero-order valence-electron chi connectivity index (χ0n) is 39.0. The van der Waals surface area contributed by atoms with Crippen molar-refractivity contribution in [2.75, 3.05) is 19.8 Å². The molecule has 0 aliphatic rings. The third-order valence-corrected chi connectivity index (χ3v) is 16.9. The fraction of sp³-hybridized carbons (Fsp3) is 0.375. The van der Waals surface area contributed by atoms with Crippen molar-refractivity contribution in [3.05, 3.63) is 123 Å². The third kappa shape index (κ3) is 19.1. The molecule has 0 N–H and O–H groups in total. The monoisotopic (exact) mass is 962 g/mol. The Labute approximate surface area is 393 Å². The minimum absolute atomic E-state index is 0.00869. The van der Waals surface area contributed by atoms with Gasteiger partial charge in [0.1, 0.15) is 19.8 Å². The summed E-state index contributed by atoms with van der Waals surface area (Å²) < 4.78 is 15.6. The van der Waals surface area contributed by atoms with E-state index in [0.29, 0.717) is 0 Å². The molecule has 0 saturated heterocycles. The minimum Gasteiger partial charge on any atom is -0.431 e. The zero-order chi connectivity index (χ0) is 48.3. The molecule has 3 aromatic carbocycles. The van der Waals surface area contributed by atoms with E-state index in [1.165, 1.54) is 15.6 Å². The average Bonchev–Trinajstić information content (AvgIpc) is 3.34. The molecule has 18 heteroatoms. The molecule has 3 rings (SSSR count). The van der Waals surface area contributed by atoms with Gasteiger partial charge in [0.2, 0.25) is 0 Å². The fourth-order valence-electron chi connectivity index (χ4n) is 6.45. The van der Waals surface area contributed by atoms with Crippen molar-refractivity contribution >= 4 is 80.5 Å². The smallest absolute Gasteiger partial charge is 0.431 e. The summed E-state index contributed by atoms with van der Waals surface area (Å²) in [6.45, 7) is 12.2. The van der Waals surface area contributed by atoms with Gasteiger partial charge in [0.05, 0.1) is 50.7 Å². The summed E-state index contributed by atoms with van der Waals surface area (Å²) in [5.41, 5.74) is -1.12. The first-order valence-corrected chi connectivity index (χ1v) is 26.5. The van der Waals surface area contributed by atoms with Gasteiger partial charge in [-0.1, -0.05) is 134 Å². The third-order valence-electron chi connectivity index (χ3n) is 10.5. The Hall–Kier alpha value is -6.25. The van der Waals surface area contributed by atoms with Crippen molar-refractivity contribution in [1.29, 1.82) is 0 Å². The highest BCUT2D eigenvalue weighted by Gasteiger charge is 2.36. The van der Waals surface area contributed by atoms with Crippen molar-refractivity contribution in [3.8, 4) is 0 Å². The summed E-state index contributed by atoms with van der Waals surface area (Å²) in [6.07, 6.45) is 8.05. The molecule has 356 valence electrons. The number of allylic oxidation sites excluding steroid dienone is 6. The van der Waals surface area contributed by atoms with E-state index in [1.54, 1.807) is 43.3 Å². The second-order valence-corrected chi connectivity index (χ2v) is 21.6. The van der Waals surface area contributed by atoms with Crippen LogP contribution in [0.25, 0.3) is 0 Å². The van der Waals surface area contributed by atoms with Crippen molar-refractivity contribution in [1.82, 2.24) is 0 Å². The molecule has 0 aliphatic carbocycles. The van der Waals surface area contributed by atoms with E-state index >= 15 is 0 Å². The van der Waals surface area contributed by atoms with Crippen LogP contribution in [0, 0.1) is 5.41 Å². The second-order valence-electron chi connectivity index (χ2n) is 15.3. The number of ether oxygens (including phenoxy) is 3. The van der Waals surface area contributed by atoms with E-state index in [9.17, 15) is 28.8 Å². The zero-order valence-corrected chi connectivity index (χ0v) is 43.2. The van der Waals surface area contributed by atoms with E-state index in [4.69, 9.17) is 28.9 Å². The summed E-state index contributed by atoms with van der Waals surface area (Å²) in [7, 11) is -2.05. The Kier molecular flexibility index (Phi) is 24.0. The lowest BCUT2D eigenvalue weighted by Gasteiger charge is -2.29. The SMILES string of the molecule is CC/C=C(\CC)[SiH2]c1ccc(C(=O)OOC(=O)OCC(CC)(COC(=O)OOC(=O)c2ccc([SiH2]/C(=C/CC)CC)cc2)COC(=O)OOC(=O)c2ccc([SiH2]/C(=C/CC)CC)cc2)cc1. The molecule has 0 aromatic heterocycles. The van der Waals surface area contributed by atoms with Crippen LogP contribution in [-0.2, 0) is 43.5 Å². The minimum atomic E-state index is -1.52. The van der Waals surface area contributed by atoms with Gasteiger partial charge in [0.15, 0.2) is 0 Å². The normalized spacial score (nSPS) is 13.0. The highest BCUT2D eigenvalue weighted by Crippen LogP contribution is 2.25. The molecule has 0 saturated carbocycles. The quantitative estimate of drug-likeness (QED) is 0.0342. The van der Waals surface area contributed by atoms with Crippen LogP contribution in [0.5, 0.6) is 0 Å². The van der Waals surface area contributed by atoms with E-state index in [0.717, 1.165) is 54.1 Å². The van der Waals surface area contributed by atoms with Gasteiger partial charge < -0.3 is 14.2 Å². The Morgan fingerprint density at radius 1 is 0.409 bits per heavy atom. The lowest BCUT2D eigenvalue weighted by Crippen LogP contribution is -2.39. The van der Waals surface area contributed by atoms with Crippen molar-refractivity contribution in [2.24, 2.45) is 5.41 Å². The molecule has 0 atom stereocenters. The van der Waals surface area contributed by atoms with E-state index < -0.39 is 90.2 Å². The number of carbonyl (C=O) groups excluding carboxylic acids is 6. The molecule has 0 aliphatic heterocycles. The second kappa shape index (κ2) is 29.3. The van der Waals surface area contributed by atoms with Crippen LogP contribution in [0.3, 0.4) is 0 Å². The first-order valence-electron chi connectivity index (χ1n) is 22.3. The molecular weight excluding hydrogens is 901 g/mol. The molecule has 0 fully saturated rings. The van der Waals surface area contributed by atoms with E-state index in [-0.39, 0.29) is 23.1 Å². The van der Waals surface area contributed by atoms with Gasteiger partial charge in [-0.25, -0.2) is 43.7 Å². The molecule has 3 aromatic rings. The molecular formula is C48H62O15Si3. The van der Waals surface area contributed by atoms with Crippen LogP contribution in [0.4, 0.5) is 14.4 Å². The highest BCUT2D eigenvalue weighted by molar-refractivity contribution is 6.61. The van der Waals surface area contributed by atoms with E-state index in [2.05, 4.69) is 74.4 Å². The predicted molar refractivity (Wildman–Crippen MR) is 256 cm³/mol. The first-order chi connectivity index (χ1) is 31.8. The molecule has 0 spiro atoms. The van der Waals surface area contributed by atoms with Gasteiger partial charge >= 0.3 is 36.4 Å². The number of carbonyl (C=O) groups is 6. The van der Waals surface area contributed by atoms with Gasteiger partial charge in [0.25, 0.3) is 0 Å². The van der Waals surface area contributed by atoms with Crippen LogP contribution in [0.15, 0.2) is 107 Å². The van der Waals surface area contributed by atoms with E-state index in [1.807, 2.05) is 36.4 Å². The summed E-state index contributed by atoms with van der Waals surface area (Å²) in [5, 5.41) is 7.57. The van der Waals surface area contributed by atoms with Crippen LogP contribution in [0.2, 0.25) is 0 Å². The average molecular weight is 963 g/mol. The summed E-state index contributed by atoms with van der Waals surface area (Å²) >= 11 is 0. The maximum Gasteiger partial charge on any atom is 0.549 e. The van der Waals surface area contributed by atoms with Gasteiger partial charge in [-0.3, -0.25) is 0 Å².